The van der Waals surface area contributed by atoms with Gasteiger partial charge < -0.3 is 18.9 Å². The number of carbonyl (C=O) groups excluding carboxylic acids is 1. The number of ether oxygens (including phenoxy) is 4. The molecule has 0 amide bonds. The fourth-order valence-corrected chi connectivity index (χ4v) is 5.98. The third kappa shape index (κ3) is 5.93. The van der Waals surface area contributed by atoms with Crippen molar-refractivity contribution >= 4 is 40.7 Å². The molecule has 0 spiro atoms. The highest BCUT2D eigenvalue weighted by atomic mass is 35.5. The van der Waals surface area contributed by atoms with Crippen LogP contribution in [0.15, 0.2) is 82.1 Å². The lowest BCUT2D eigenvalue weighted by Gasteiger charge is -2.26. The molecule has 1 aromatic heterocycles. The van der Waals surface area contributed by atoms with E-state index in [9.17, 15) is 9.59 Å². The maximum Gasteiger partial charge on any atom is 0.338 e. The van der Waals surface area contributed by atoms with E-state index in [-0.39, 0.29) is 24.3 Å². The lowest BCUT2D eigenvalue weighted by molar-refractivity contribution is -0.138. The average molecular weight is 615 g/mol. The number of benzene rings is 3. The number of fused-ring (bicyclic) bond motifs is 1. The van der Waals surface area contributed by atoms with Gasteiger partial charge in [0.05, 0.1) is 42.7 Å². The molecule has 5 rings (SSSR count). The minimum Gasteiger partial charge on any atom is -0.493 e. The summed E-state index contributed by atoms with van der Waals surface area (Å²) in [5, 5.41) is 0.464. The van der Waals surface area contributed by atoms with Gasteiger partial charge in [-0.15, -0.1) is 6.42 Å². The first-order chi connectivity index (χ1) is 20.9. The third-order valence-corrected chi connectivity index (χ3v) is 7.88. The number of aromatic nitrogens is 1. The van der Waals surface area contributed by atoms with Gasteiger partial charge in [-0.3, -0.25) is 9.36 Å². The van der Waals surface area contributed by atoms with Gasteiger partial charge in [0, 0.05) is 16.1 Å². The Hall–Kier alpha value is -4.78. The Morgan fingerprint density at radius 3 is 2.51 bits per heavy atom. The van der Waals surface area contributed by atoms with Crippen LogP contribution in [0.4, 0.5) is 0 Å². The van der Waals surface area contributed by atoms with Gasteiger partial charge in [0.15, 0.2) is 16.3 Å². The number of terminal acetylenes is 1. The summed E-state index contributed by atoms with van der Waals surface area (Å²) < 4.78 is 24.1. The second-order valence-electron chi connectivity index (χ2n) is 9.22. The summed E-state index contributed by atoms with van der Waals surface area (Å²) in [4.78, 5) is 33.2. The Bertz CT molecular complexity index is 1940. The molecule has 218 valence electrons. The Labute approximate surface area is 257 Å². The molecule has 0 aliphatic carbocycles. The van der Waals surface area contributed by atoms with Crippen LogP contribution in [0.25, 0.3) is 11.8 Å². The van der Waals surface area contributed by atoms with Crippen LogP contribution in [0.3, 0.4) is 0 Å². The first-order valence-electron chi connectivity index (χ1n) is 13.3. The fraction of sp³-hybridized carbons (Fsp3) is 0.182. The Morgan fingerprint density at radius 2 is 1.81 bits per heavy atom. The van der Waals surface area contributed by atoms with Crippen molar-refractivity contribution in [3.05, 3.63) is 114 Å². The van der Waals surface area contributed by atoms with Crippen LogP contribution < -0.4 is 29.1 Å². The highest BCUT2D eigenvalue weighted by molar-refractivity contribution is 7.07. The Balaban J connectivity index is 1.83. The molecule has 4 aromatic rings. The molecular formula is C33H27ClN2O6S. The van der Waals surface area contributed by atoms with Gasteiger partial charge in [-0.05, 0) is 48.9 Å². The van der Waals surface area contributed by atoms with Gasteiger partial charge >= 0.3 is 5.97 Å². The normalized spacial score (nSPS) is 14.4. The second-order valence-corrected chi connectivity index (χ2v) is 10.7. The van der Waals surface area contributed by atoms with E-state index in [0.29, 0.717) is 54.0 Å². The molecular weight excluding hydrogens is 588 g/mol. The average Bonchev–Trinajstić information content (AvgIpc) is 3.34. The molecule has 3 aromatic carbocycles. The van der Waals surface area contributed by atoms with Crippen molar-refractivity contribution in [2.45, 2.75) is 13.0 Å². The summed E-state index contributed by atoms with van der Waals surface area (Å²) in [6.45, 7) is 1.92. The first kappa shape index (κ1) is 29.7. The molecule has 0 unspecified atom stereocenters. The summed E-state index contributed by atoms with van der Waals surface area (Å²) in [7, 11) is 3.06. The van der Waals surface area contributed by atoms with Crippen molar-refractivity contribution in [3.8, 4) is 29.6 Å². The summed E-state index contributed by atoms with van der Waals surface area (Å²) in [6, 6.07) is 18.8. The third-order valence-electron chi connectivity index (χ3n) is 6.67. The summed E-state index contributed by atoms with van der Waals surface area (Å²) in [5.74, 6) is 3.28. The van der Waals surface area contributed by atoms with Crippen LogP contribution in [0, 0.1) is 12.3 Å². The van der Waals surface area contributed by atoms with E-state index in [1.165, 1.54) is 30.1 Å². The number of hydrogen-bond acceptors (Lipinski definition) is 8. The van der Waals surface area contributed by atoms with Gasteiger partial charge in [0.1, 0.15) is 12.4 Å². The van der Waals surface area contributed by atoms with Crippen molar-refractivity contribution in [2.75, 3.05) is 27.4 Å². The lowest BCUT2D eigenvalue weighted by Crippen LogP contribution is -2.40. The minimum atomic E-state index is -0.885. The molecule has 0 saturated heterocycles. The smallest absolute Gasteiger partial charge is 0.338 e. The van der Waals surface area contributed by atoms with Crippen molar-refractivity contribution in [1.82, 2.24) is 4.57 Å². The predicted octanol–water partition coefficient (Wildman–Crippen LogP) is 4.62. The molecule has 8 nitrogen and oxygen atoms in total. The van der Waals surface area contributed by atoms with Crippen molar-refractivity contribution < 1.29 is 23.7 Å². The number of halogens is 1. The second kappa shape index (κ2) is 13.0. The van der Waals surface area contributed by atoms with Gasteiger partial charge in [-0.25, -0.2) is 9.79 Å². The zero-order chi connectivity index (χ0) is 30.5. The zero-order valence-electron chi connectivity index (χ0n) is 23.6. The summed E-state index contributed by atoms with van der Waals surface area (Å²) >= 11 is 7.47. The molecule has 0 N–H and O–H groups in total. The van der Waals surface area contributed by atoms with Crippen LogP contribution in [-0.2, 0) is 9.53 Å². The van der Waals surface area contributed by atoms with Gasteiger partial charge in [-0.2, -0.15) is 0 Å². The van der Waals surface area contributed by atoms with Crippen LogP contribution in [0.1, 0.15) is 29.7 Å². The number of methoxy groups -OCH3 is 2. The highest BCUT2D eigenvalue weighted by Crippen LogP contribution is 2.38. The van der Waals surface area contributed by atoms with Gasteiger partial charge in [0.2, 0.25) is 0 Å². The van der Waals surface area contributed by atoms with Crippen LogP contribution in [-0.4, -0.2) is 38.0 Å². The van der Waals surface area contributed by atoms with E-state index >= 15 is 0 Å². The van der Waals surface area contributed by atoms with E-state index < -0.39 is 12.0 Å². The van der Waals surface area contributed by atoms with E-state index in [4.69, 9.17) is 42.0 Å². The predicted molar refractivity (Wildman–Crippen MR) is 166 cm³/mol. The summed E-state index contributed by atoms with van der Waals surface area (Å²) in [5.41, 5.74) is 2.15. The topological polar surface area (TPSA) is 88.3 Å². The SMILES string of the molecule is C#CCOc1ccc(Cl)cc1/C=c1\sc2n(c1=O)[C@H](c1ccc(OC)c(OC)c1)C(C(=O)OCC)=C(c1ccccc1)N=2. The number of rotatable bonds is 9. The maximum atomic E-state index is 14.2. The molecule has 0 saturated carbocycles. The molecule has 1 atom stereocenters. The molecule has 0 bridgehead atoms. The Kier molecular flexibility index (Phi) is 9.00. The molecule has 1 aliphatic rings. The number of thiazole rings is 1. The van der Waals surface area contributed by atoms with Crippen LogP contribution in [0.2, 0.25) is 5.02 Å². The van der Waals surface area contributed by atoms with Crippen molar-refractivity contribution in [3.63, 3.8) is 0 Å². The van der Waals surface area contributed by atoms with E-state index in [2.05, 4.69) is 5.92 Å². The quantitative estimate of drug-likeness (QED) is 0.202. The van der Waals surface area contributed by atoms with Gasteiger partial charge in [-0.1, -0.05) is 65.3 Å². The van der Waals surface area contributed by atoms with Gasteiger partial charge in [0.25, 0.3) is 5.56 Å². The molecule has 1 aliphatic heterocycles. The van der Waals surface area contributed by atoms with Crippen molar-refractivity contribution in [1.29, 1.82) is 0 Å². The maximum absolute atomic E-state index is 14.2. The van der Waals surface area contributed by atoms with Crippen molar-refractivity contribution in [2.24, 2.45) is 4.99 Å². The standard InChI is InChI=1S/C33H27ClN2O6S/c1-5-16-42-24-15-13-23(34)17-22(24)19-27-31(37)36-30(21-12-14-25(39-3)26(18-21)40-4)28(32(38)41-6-2)29(35-33(36)43-27)20-10-8-7-9-11-20/h1,7-15,17-19,30H,6,16H2,2-4H3/b27-19-/t30-/m1/s1. The molecule has 43 heavy (non-hydrogen) atoms. The monoisotopic (exact) mass is 614 g/mol. The summed E-state index contributed by atoms with van der Waals surface area (Å²) in [6.07, 6.45) is 7.08. The first-order valence-corrected chi connectivity index (χ1v) is 14.5. The molecule has 2 heterocycles. The lowest BCUT2D eigenvalue weighted by atomic mass is 9.93. The zero-order valence-corrected chi connectivity index (χ0v) is 25.2. The largest absolute Gasteiger partial charge is 0.493 e. The Morgan fingerprint density at radius 1 is 1.07 bits per heavy atom. The van der Waals surface area contributed by atoms with E-state index in [0.717, 1.165) is 0 Å². The van der Waals surface area contributed by atoms with E-state index in [1.807, 2.05) is 30.3 Å². The van der Waals surface area contributed by atoms with Crippen LogP contribution >= 0.6 is 22.9 Å². The molecule has 0 fully saturated rings. The van der Waals surface area contributed by atoms with Crippen LogP contribution in [0.5, 0.6) is 17.2 Å². The van der Waals surface area contributed by atoms with E-state index in [1.54, 1.807) is 49.4 Å². The highest BCUT2D eigenvalue weighted by Gasteiger charge is 2.35. The number of nitrogens with zero attached hydrogens (tertiary/aromatic N) is 2. The number of hydrogen-bond donors (Lipinski definition) is 0. The number of esters is 1. The molecule has 10 heteroatoms. The number of carbonyl (C=O) groups is 1. The minimum absolute atomic E-state index is 0.0480. The molecule has 0 radical (unpaired) electrons. The fourth-order valence-electron chi connectivity index (χ4n) is 4.80.